The molecule has 1 saturated heterocycles. The molecule has 0 radical (unpaired) electrons. The third kappa shape index (κ3) is 3.08. The topological polar surface area (TPSA) is 49.4 Å². The van der Waals surface area contributed by atoms with E-state index in [-0.39, 0.29) is 6.04 Å². The van der Waals surface area contributed by atoms with E-state index in [1.165, 1.54) is 11.3 Å². The van der Waals surface area contributed by atoms with Crippen molar-refractivity contribution in [2.24, 2.45) is 0 Å². The Morgan fingerprint density at radius 3 is 2.85 bits per heavy atom. The Morgan fingerprint density at radius 2 is 2.15 bits per heavy atom. The Labute approximate surface area is 126 Å². The van der Waals surface area contributed by atoms with Gasteiger partial charge in [-0.25, -0.2) is 8.42 Å². The van der Waals surface area contributed by atoms with Gasteiger partial charge in [-0.2, -0.15) is 4.31 Å². The molecule has 114 valence electrons. The van der Waals surface area contributed by atoms with Crippen LogP contribution >= 0.6 is 11.3 Å². The molecule has 1 unspecified atom stereocenters. The van der Waals surface area contributed by atoms with Crippen molar-refractivity contribution in [2.45, 2.75) is 57.0 Å². The van der Waals surface area contributed by atoms with Gasteiger partial charge in [0.2, 0.25) is 10.0 Å². The van der Waals surface area contributed by atoms with Gasteiger partial charge in [0.05, 0.1) is 0 Å². The van der Waals surface area contributed by atoms with E-state index in [4.69, 9.17) is 0 Å². The van der Waals surface area contributed by atoms with E-state index in [9.17, 15) is 8.42 Å². The maximum Gasteiger partial charge on any atom is 0.244 e. The average Bonchev–Trinajstić information content (AvgIpc) is 2.61. The van der Waals surface area contributed by atoms with Gasteiger partial charge >= 0.3 is 0 Å². The first-order chi connectivity index (χ1) is 9.48. The summed E-state index contributed by atoms with van der Waals surface area (Å²) in [5, 5.41) is 5.01. The molecule has 20 heavy (non-hydrogen) atoms. The maximum absolute atomic E-state index is 13.0. The van der Waals surface area contributed by atoms with E-state index in [0.717, 1.165) is 36.1 Å². The molecule has 1 atom stereocenters. The molecule has 1 aromatic rings. The predicted octanol–water partition coefficient (Wildman–Crippen LogP) is 2.73. The lowest BCUT2D eigenvalue weighted by atomic mass is 10.1. The van der Waals surface area contributed by atoms with Crippen LogP contribution < -0.4 is 5.32 Å². The Morgan fingerprint density at radius 1 is 1.40 bits per heavy atom. The number of hydrogen-bond acceptors (Lipinski definition) is 4. The molecule has 1 N–H and O–H groups in total. The first kappa shape index (κ1) is 15.9. The van der Waals surface area contributed by atoms with Crippen LogP contribution in [-0.2, 0) is 16.6 Å². The number of hydrogen-bond donors (Lipinski definition) is 1. The van der Waals surface area contributed by atoms with Crippen molar-refractivity contribution in [2.75, 3.05) is 13.6 Å². The van der Waals surface area contributed by atoms with Crippen LogP contribution in [0.5, 0.6) is 0 Å². The van der Waals surface area contributed by atoms with Gasteiger partial charge in [-0.05, 0) is 44.7 Å². The number of nitrogens with zero attached hydrogens (tertiary/aromatic N) is 1. The van der Waals surface area contributed by atoms with Gasteiger partial charge in [0.1, 0.15) is 4.90 Å². The van der Waals surface area contributed by atoms with Gasteiger partial charge in [-0.1, -0.05) is 12.8 Å². The lowest BCUT2D eigenvalue weighted by Gasteiger charge is -2.26. The highest BCUT2D eigenvalue weighted by Crippen LogP contribution is 2.32. The number of thiophene rings is 1. The molecule has 2 rings (SSSR count). The highest BCUT2D eigenvalue weighted by atomic mass is 32.2. The Bertz CT molecular complexity index is 552. The molecule has 0 aromatic carbocycles. The molecule has 0 bridgehead atoms. The number of rotatable bonds is 4. The van der Waals surface area contributed by atoms with Gasteiger partial charge in [-0.3, -0.25) is 0 Å². The van der Waals surface area contributed by atoms with Crippen LogP contribution in [-0.4, -0.2) is 32.4 Å². The Kier molecular flexibility index (Phi) is 5.23. The maximum atomic E-state index is 13.0. The summed E-state index contributed by atoms with van der Waals surface area (Å²) >= 11 is 1.53. The van der Waals surface area contributed by atoms with Crippen LogP contribution in [0.25, 0.3) is 0 Å². The van der Waals surface area contributed by atoms with Crippen LogP contribution in [0.15, 0.2) is 10.3 Å². The van der Waals surface area contributed by atoms with E-state index in [1.807, 2.05) is 26.3 Å². The molecule has 1 aliphatic heterocycles. The fraction of sp³-hybridized carbons (Fsp3) is 0.714. The smallest absolute Gasteiger partial charge is 0.244 e. The Balaban J connectivity index is 2.41. The molecular weight excluding hydrogens is 292 g/mol. The molecule has 2 heterocycles. The fourth-order valence-corrected chi connectivity index (χ4v) is 6.32. The van der Waals surface area contributed by atoms with E-state index in [1.54, 1.807) is 4.31 Å². The molecule has 4 nitrogen and oxygen atoms in total. The summed E-state index contributed by atoms with van der Waals surface area (Å²) in [4.78, 5) is 1.45. The highest BCUT2D eigenvalue weighted by Gasteiger charge is 2.33. The zero-order chi connectivity index (χ0) is 14.8. The second-order valence-electron chi connectivity index (χ2n) is 5.52. The van der Waals surface area contributed by atoms with Crippen LogP contribution in [0.1, 0.15) is 43.0 Å². The summed E-state index contributed by atoms with van der Waals surface area (Å²) in [6.07, 6.45) is 4.18. The SMILES string of the molecule is CNCc1scc(C)c1S(=O)(=O)N1CCCCCC1C. The molecule has 1 aliphatic rings. The zero-order valence-corrected chi connectivity index (χ0v) is 14.1. The van der Waals surface area contributed by atoms with E-state index in [0.29, 0.717) is 18.0 Å². The average molecular weight is 316 g/mol. The lowest BCUT2D eigenvalue weighted by Crippen LogP contribution is -2.38. The first-order valence-electron chi connectivity index (χ1n) is 7.22. The van der Waals surface area contributed by atoms with E-state index >= 15 is 0 Å². The van der Waals surface area contributed by atoms with Crippen molar-refractivity contribution < 1.29 is 8.42 Å². The van der Waals surface area contributed by atoms with Gasteiger partial charge in [0.15, 0.2) is 0 Å². The summed E-state index contributed by atoms with van der Waals surface area (Å²) in [6, 6.07) is 0.101. The summed E-state index contributed by atoms with van der Waals surface area (Å²) in [7, 11) is -1.52. The predicted molar refractivity (Wildman–Crippen MR) is 83.6 cm³/mol. The summed E-state index contributed by atoms with van der Waals surface area (Å²) in [6.45, 7) is 5.18. The number of aryl methyl sites for hydroxylation is 1. The minimum Gasteiger partial charge on any atom is -0.315 e. The minimum absolute atomic E-state index is 0.101. The third-order valence-corrected chi connectivity index (χ3v) is 7.36. The van der Waals surface area contributed by atoms with Crippen LogP contribution in [0.3, 0.4) is 0 Å². The molecule has 1 fully saturated rings. The lowest BCUT2D eigenvalue weighted by molar-refractivity contribution is 0.341. The second-order valence-corrected chi connectivity index (χ2v) is 8.31. The van der Waals surface area contributed by atoms with Crippen molar-refractivity contribution in [3.8, 4) is 0 Å². The largest absolute Gasteiger partial charge is 0.315 e. The van der Waals surface area contributed by atoms with Crippen molar-refractivity contribution in [1.82, 2.24) is 9.62 Å². The van der Waals surface area contributed by atoms with Crippen LogP contribution in [0, 0.1) is 6.92 Å². The van der Waals surface area contributed by atoms with E-state index < -0.39 is 10.0 Å². The first-order valence-corrected chi connectivity index (χ1v) is 9.54. The number of nitrogens with one attached hydrogen (secondary N) is 1. The minimum atomic E-state index is -3.37. The van der Waals surface area contributed by atoms with Gasteiger partial charge in [-0.15, -0.1) is 11.3 Å². The molecule has 0 saturated carbocycles. The fourth-order valence-electron chi connectivity index (χ4n) is 2.84. The summed E-state index contributed by atoms with van der Waals surface area (Å²) in [5.41, 5.74) is 0.872. The van der Waals surface area contributed by atoms with Crippen molar-refractivity contribution in [1.29, 1.82) is 0 Å². The summed E-state index contributed by atoms with van der Waals surface area (Å²) in [5.74, 6) is 0. The standard InChI is InChI=1S/C14H24N2O2S2/c1-11-10-19-13(9-15-3)14(11)20(17,18)16-8-6-4-5-7-12(16)2/h10,12,15H,4-9H2,1-3H3. The number of sulfonamides is 1. The van der Waals surface area contributed by atoms with Crippen LogP contribution in [0.2, 0.25) is 0 Å². The monoisotopic (exact) mass is 316 g/mol. The summed E-state index contributed by atoms with van der Waals surface area (Å²) < 4.78 is 27.8. The molecule has 6 heteroatoms. The van der Waals surface area contributed by atoms with Crippen molar-refractivity contribution in [3.63, 3.8) is 0 Å². The molecule has 0 amide bonds. The molecular formula is C14H24N2O2S2. The second kappa shape index (κ2) is 6.56. The Hall–Kier alpha value is -0.430. The van der Waals surface area contributed by atoms with Gasteiger partial charge < -0.3 is 5.32 Å². The van der Waals surface area contributed by atoms with Crippen molar-refractivity contribution in [3.05, 3.63) is 15.8 Å². The molecule has 1 aromatic heterocycles. The van der Waals surface area contributed by atoms with Crippen molar-refractivity contribution >= 4 is 21.4 Å². The quantitative estimate of drug-likeness (QED) is 0.929. The van der Waals surface area contributed by atoms with Gasteiger partial charge in [0, 0.05) is 24.0 Å². The normalized spacial score (nSPS) is 21.9. The zero-order valence-electron chi connectivity index (χ0n) is 12.5. The van der Waals surface area contributed by atoms with Gasteiger partial charge in [0.25, 0.3) is 0 Å². The van der Waals surface area contributed by atoms with E-state index in [2.05, 4.69) is 5.32 Å². The highest BCUT2D eigenvalue weighted by molar-refractivity contribution is 7.89. The van der Waals surface area contributed by atoms with Crippen LogP contribution in [0.4, 0.5) is 0 Å². The molecule has 0 spiro atoms. The molecule has 0 aliphatic carbocycles. The third-order valence-electron chi connectivity index (χ3n) is 3.89.